The van der Waals surface area contributed by atoms with E-state index in [2.05, 4.69) is 6.58 Å². The lowest BCUT2D eigenvalue weighted by atomic mass is 10.1. The lowest BCUT2D eigenvalue weighted by molar-refractivity contribution is -0.203. The highest BCUT2D eigenvalue weighted by Gasteiger charge is 2.37. The van der Waals surface area contributed by atoms with Crippen molar-refractivity contribution >= 4 is 0 Å². The van der Waals surface area contributed by atoms with Crippen molar-refractivity contribution in [3.63, 3.8) is 0 Å². The van der Waals surface area contributed by atoms with Crippen molar-refractivity contribution in [2.45, 2.75) is 32.0 Å². The van der Waals surface area contributed by atoms with Crippen molar-refractivity contribution in [1.82, 2.24) is 0 Å². The molecule has 0 fully saturated rings. The van der Waals surface area contributed by atoms with E-state index in [9.17, 15) is 13.2 Å². The Kier molecular flexibility index (Phi) is 3.58. The largest absolute Gasteiger partial charge is 0.414 e. The van der Waals surface area contributed by atoms with Crippen molar-refractivity contribution in [3.8, 4) is 0 Å². The van der Waals surface area contributed by atoms with Gasteiger partial charge in [0, 0.05) is 6.42 Å². The van der Waals surface area contributed by atoms with Crippen molar-refractivity contribution in [3.05, 3.63) is 12.2 Å². The van der Waals surface area contributed by atoms with Crippen LogP contribution in [-0.4, -0.2) is 17.4 Å². The van der Waals surface area contributed by atoms with Crippen LogP contribution in [0.4, 0.5) is 13.2 Å². The lowest BCUT2D eigenvalue weighted by Crippen LogP contribution is -2.28. The molecule has 0 rings (SSSR count). The first-order valence-corrected chi connectivity index (χ1v) is 3.29. The van der Waals surface area contributed by atoms with Crippen LogP contribution in [-0.2, 0) is 0 Å². The quantitative estimate of drug-likeness (QED) is 0.641. The molecule has 0 heterocycles. The smallest absolute Gasteiger partial charge is 0.383 e. The number of rotatable bonds is 3. The van der Waals surface area contributed by atoms with Crippen LogP contribution in [0.25, 0.3) is 0 Å². The van der Waals surface area contributed by atoms with Crippen LogP contribution < -0.4 is 0 Å². The summed E-state index contributed by atoms with van der Waals surface area (Å²) in [6.07, 6.45) is -6.69. The fraction of sp³-hybridized carbons (Fsp3) is 0.714. The molecule has 0 amide bonds. The second-order valence-electron chi connectivity index (χ2n) is 2.37. The SMILES string of the molecule is C=C(CC)CC(O)C(F)(F)F. The summed E-state index contributed by atoms with van der Waals surface area (Å²) in [4.78, 5) is 0. The standard InChI is InChI=1S/C7H11F3O/c1-3-5(2)4-6(11)7(8,9)10/h6,11H,2-4H2,1H3. The molecule has 1 nitrogen and oxygen atoms in total. The van der Waals surface area contributed by atoms with Crippen molar-refractivity contribution < 1.29 is 18.3 Å². The summed E-state index contributed by atoms with van der Waals surface area (Å²) in [6, 6.07) is 0. The molecular formula is C7H11F3O. The Bertz CT molecular complexity index is 139. The second kappa shape index (κ2) is 3.76. The monoisotopic (exact) mass is 168 g/mol. The topological polar surface area (TPSA) is 20.2 Å². The van der Waals surface area contributed by atoms with Gasteiger partial charge in [-0.3, -0.25) is 0 Å². The molecule has 0 aromatic heterocycles. The molecule has 0 spiro atoms. The minimum absolute atomic E-state index is 0.389. The average molecular weight is 168 g/mol. The predicted octanol–water partition coefficient (Wildman–Crippen LogP) is 2.27. The summed E-state index contributed by atoms with van der Waals surface area (Å²) in [5.41, 5.74) is 0.412. The van der Waals surface area contributed by atoms with Gasteiger partial charge >= 0.3 is 6.18 Å². The van der Waals surface area contributed by atoms with E-state index in [0.717, 1.165) is 0 Å². The van der Waals surface area contributed by atoms with E-state index >= 15 is 0 Å². The molecule has 4 heteroatoms. The lowest BCUT2D eigenvalue weighted by Gasteiger charge is -2.14. The van der Waals surface area contributed by atoms with Crippen LogP contribution in [0.3, 0.4) is 0 Å². The van der Waals surface area contributed by atoms with E-state index in [1.54, 1.807) is 6.92 Å². The number of hydrogen-bond acceptors (Lipinski definition) is 1. The van der Waals surface area contributed by atoms with Crippen LogP contribution in [0.2, 0.25) is 0 Å². The molecule has 1 N–H and O–H groups in total. The first kappa shape index (κ1) is 10.5. The van der Waals surface area contributed by atoms with Gasteiger partial charge in [0.25, 0.3) is 0 Å². The molecule has 66 valence electrons. The molecule has 11 heavy (non-hydrogen) atoms. The maximum atomic E-state index is 11.7. The first-order valence-electron chi connectivity index (χ1n) is 3.29. The minimum Gasteiger partial charge on any atom is -0.383 e. The van der Waals surface area contributed by atoms with E-state index in [-0.39, 0.29) is 6.42 Å². The maximum Gasteiger partial charge on any atom is 0.414 e. The summed E-state index contributed by atoms with van der Waals surface area (Å²) >= 11 is 0. The van der Waals surface area contributed by atoms with Gasteiger partial charge in [-0.25, -0.2) is 0 Å². The number of alkyl halides is 3. The molecule has 0 aromatic carbocycles. The minimum atomic E-state index is -4.52. The van der Waals surface area contributed by atoms with Gasteiger partial charge in [-0.2, -0.15) is 13.2 Å². The zero-order chi connectivity index (χ0) is 9.07. The third-order valence-electron chi connectivity index (χ3n) is 1.36. The van der Waals surface area contributed by atoms with Crippen LogP contribution in [0, 0.1) is 0 Å². The number of aliphatic hydroxyl groups excluding tert-OH is 1. The Morgan fingerprint density at radius 2 is 2.00 bits per heavy atom. The fourth-order valence-corrected chi connectivity index (χ4v) is 0.534. The summed E-state index contributed by atoms with van der Waals surface area (Å²) in [7, 11) is 0. The number of halogens is 3. The highest BCUT2D eigenvalue weighted by atomic mass is 19.4. The molecule has 0 saturated carbocycles. The summed E-state index contributed by atoms with van der Waals surface area (Å²) in [6.45, 7) is 5.07. The molecule has 0 aliphatic carbocycles. The van der Waals surface area contributed by atoms with Crippen molar-refractivity contribution in [2.75, 3.05) is 0 Å². The molecule has 0 aliphatic rings. The molecule has 1 unspecified atom stereocenters. The third-order valence-corrected chi connectivity index (χ3v) is 1.36. The van der Waals surface area contributed by atoms with Gasteiger partial charge < -0.3 is 5.11 Å². The second-order valence-corrected chi connectivity index (χ2v) is 2.37. The molecule has 0 aromatic rings. The highest BCUT2D eigenvalue weighted by molar-refractivity contribution is 4.95. The van der Waals surface area contributed by atoms with Gasteiger partial charge in [-0.15, -0.1) is 0 Å². The predicted molar refractivity (Wildman–Crippen MR) is 36.1 cm³/mol. The van der Waals surface area contributed by atoms with E-state index in [0.29, 0.717) is 12.0 Å². The number of aliphatic hydroxyl groups is 1. The van der Waals surface area contributed by atoms with Crippen LogP contribution in [0.1, 0.15) is 19.8 Å². The Labute approximate surface area is 63.5 Å². The normalized spacial score (nSPS) is 14.6. The van der Waals surface area contributed by atoms with Gasteiger partial charge in [0.15, 0.2) is 6.10 Å². The Hall–Kier alpha value is -0.510. The molecule has 0 radical (unpaired) electrons. The number of hydrogen-bond donors (Lipinski definition) is 1. The highest BCUT2D eigenvalue weighted by Crippen LogP contribution is 2.24. The third kappa shape index (κ3) is 4.03. The van der Waals surface area contributed by atoms with Gasteiger partial charge in [-0.1, -0.05) is 19.1 Å². The fourth-order valence-electron chi connectivity index (χ4n) is 0.534. The first-order chi connectivity index (χ1) is 4.88. The van der Waals surface area contributed by atoms with E-state index in [1.165, 1.54) is 0 Å². The molecule has 0 bridgehead atoms. The summed E-state index contributed by atoms with van der Waals surface area (Å²) in [5.74, 6) is 0. The molecule has 0 aliphatic heterocycles. The van der Waals surface area contributed by atoms with Gasteiger partial charge in [-0.05, 0) is 6.42 Å². The Morgan fingerprint density at radius 3 is 2.27 bits per heavy atom. The van der Waals surface area contributed by atoms with E-state index in [4.69, 9.17) is 5.11 Å². The summed E-state index contributed by atoms with van der Waals surface area (Å²) < 4.78 is 35.0. The van der Waals surface area contributed by atoms with Crippen molar-refractivity contribution in [1.29, 1.82) is 0 Å². The van der Waals surface area contributed by atoms with E-state index in [1.807, 2.05) is 0 Å². The van der Waals surface area contributed by atoms with Gasteiger partial charge in [0.2, 0.25) is 0 Å². The van der Waals surface area contributed by atoms with Gasteiger partial charge in [0.05, 0.1) is 0 Å². The summed E-state index contributed by atoms with van der Waals surface area (Å²) in [5, 5.41) is 8.50. The Balaban J connectivity index is 3.87. The van der Waals surface area contributed by atoms with Crippen LogP contribution in [0.15, 0.2) is 12.2 Å². The Morgan fingerprint density at radius 1 is 1.55 bits per heavy atom. The van der Waals surface area contributed by atoms with E-state index < -0.39 is 12.3 Å². The van der Waals surface area contributed by atoms with Crippen LogP contribution in [0.5, 0.6) is 0 Å². The average Bonchev–Trinajstić information content (AvgIpc) is 1.85. The van der Waals surface area contributed by atoms with Gasteiger partial charge in [0.1, 0.15) is 0 Å². The van der Waals surface area contributed by atoms with Crippen molar-refractivity contribution in [2.24, 2.45) is 0 Å². The molecule has 1 atom stereocenters. The maximum absolute atomic E-state index is 11.7. The zero-order valence-corrected chi connectivity index (χ0v) is 6.28. The molecule has 0 saturated heterocycles. The zero-order valence-electron chi connectivity index (χ0n) is 6.28. The van der Waals surface area contributed by atoms with Crippen LogP contribution >= 0.6 is 0 Å². The molecular weight excluding hydrogens is 157 g/mol.